The van der Waals surface area contributed by atoms with Crippen molar-refractivity contribution in [3.05, 3.63) is 72.6 Å². The van der Waals surface area contributed by atoms with Gasteiger partial charge in [-0.25, -0.2) is 8.42 Å². The highest BCUT2D eigenvalue weighted by molar-refractivity contribution is 7.92. The van der Waals surface area contributed by atoms with E-state index in [0.29, 0.717) is 24.3 Å². The molecule has 128 valence electrons. The van der Waals surface area contributed by atoms with Gasteiger partial charge in [-0.2, -0.15) is 5.10 Å². The van der Waals surface area contributed by atoms with Crippen molar-refractivity contribution in [2.45, 2.75) is 17.4 Å². The first-order valence-electron chi connectivity index (χ1n) is 8.04. The fraction of sp³-hybridized carbons (Fsp3) is 0.167. The lowest BCUT2D eigenvalue weighted by molar-refractivity contribution is 0.479. The summed E-state index contributed by atoms with van der Waals surface area (Å²) in [4.78, 5) is 0.287. The van der Waals surface area contributed by atoms with Gasteiger partial charge in [-0.3, -0.25) is 8.99 Å². The molecule has 0 saturated carbocycles. The number of hydrogen-bond donors (Lipinski definition) is 1. The van der Waals surface area contributed by atoms with Crippen LogP contribution < -0.4 is 10.0 Å². The lowest BCUT2D eigenvalue weighted by atomic mass is 9.97. The van der Waals surface area contributed by atoms with Crippen LogP contribution in [0.2, 0.25) is 0 Å². The highest BCUT2D eigenvalue weighted by atomic mass is 32.2. The zero-order valence-electron chi connectivity index (χ0n) is 13.5. The van der Waals surface area contributed by atoms with Crippen molar-refractivity contribution in [1.82, 2.24) is 9.78 Å². The number of benzene rings is 2. The van der Waals surface area contributed by atoms with Gasteiger partial charge in [-0.05, 0) is 42.8 Å². The molecule has 0 aliphatic carbocycles. The molecule has 0 spiro atoms. The summed E-state index contributed by atoms with van der Waals surface area (Å²) in [5, 5.41) is 4.32. The highest BCUT2D eigenvalue weighted by Crippen LogP contribution is 2.39. The molecule has 2 heterocycles. The van der Waals surface area contributed by atoms with E-state index in [0.717, 1.165) is 5.56 Å². The molecule has 2 N–H and O–H groups in total. The Hall–Kier alpha value is -2.80. The van der Waals surface area contributed by atoms with E-state index in [2.05, 4.69) is 5.10 Å². The third-order valence-electron chi connectivity index (χ3n) is 4.46. The lowest BCUT2D eigenvalue weighted by Crippen LogP contribution is -2.38. The smallest absolute Gasteiger partial charge is 0.264 e. The van der Waals surface area contributed by atoms with Gasteiger partial charge in [0.25, 0.3) is 10.0 Å². The summed E-state index contributed by atoms with van der Waals surface area (Å²) in [5.74, 6) is 0. The van der Waals surface area contributed by atoms with Crippen LogP contribution in [0.15, 0.2) is 71.9 Å². The molecule has 7 heteroatoms. The van der Waals surface area contributed by atoms with Crippen LogP contribution in [-0.4, -0.2) is 24.7 Å². The van der Waals surface area contributed by atoms with Crippen LogP contribution in [0, 0.1) is 0 Å². The number of anilines is 2. The van der Waals surface area contributed by atoms with E-state index in [1.54, 1.807) is 48.7 Å². The minimum Gasteiger partial charge on any atom is -0.399 e. The molecule has 0 amide bonds. The molecule has 6 nitrogen and oxygen atoms in total. The standard InChI is InChI=1S/C18H18N4O2S/c19-14-7-8-18-16(13-14)17(21-11-4-10-20-21)9-12-22(18)25(23,24)15-5-2-1-3-6-15/h1-8,10-11,13,17H,9,12,19H2. The molecule has 0 radical (unpaired) electrons. The SMILES string of the molecule is Nc1ccc2c(c1)C(n1cccn1)CCN2S(=O)(=O)c1ccccc1. The number of aromatic nitrogens is 2. The van der Waals surface area contributed by atoms with Gasteiger partial charge >= 0.3 is 0 Å². The van der Waals surface area contributed by atoms with Crippen molar-refractivity contribution >= 4 is 21.4 Å². The summed E-state index contributed by atoms with van der Waals surface area (Å²) >= 11 is 0. The van der Waals surface area contributed by atoms with Gasteiger partial charge < -0.3 is 5.73 Å². The van der Waals surface area contributed by atoms with Crippen molar-refractivity contribution in [2.24, 2.45) is 0 Å². The lowest BCUT2D eigenvalue weighted by Gasteiger charge is -2.35. The number of rotatable bonds is 3. The van der Waals surface area contributed by atoms with Crippen molar-refractivity contribution in [3.63, 3.8) is 0 Å². The van der Waals surface area contributed by atoms with E-state index < -0.39 is 10.0 Å². The van der Waals surface area contributed by atoms with Gasteiger partial charge in [-0.15, -0.1) is 0 Å². The fourth-order valence-corrected chi connectivity index (χ4v) is 4.82. The first kappa shape index (κ1) is 15.7. The van der Waals surface area contributed by atoms with Gasteiger partial charge in [0.2, 0.25) is 0 Å². The van der Waals surface area contributed by atoms with Crippen LogP contribution in [0.4, 0.5) is 11.4 Å². The normalized spacial score (nSPS) is 17.3. The molecule has 25 heavy (non-hydrogen) atoms. The molecule has 4 rings (SSSR count). The topological polar surface area (TPSA) is 81.2 Å². The highest BCUT2D eigenvalue weighted by Gasteiger charge is 2.34. The Morgan fingerprint density at radius 3 is 2.60 bits per heavy atom. The van der Waals surface area contributed by atoms with E-state index in [4.69, 9.17) is 5.73 Å². The molecule has 1 aromatic heterocycles. The van der Waals surface area contributed by atoms with Crippen molar-refractivity contribution < 1.29 is 8.42 Å². The average Bonchev–Trinajstić information content (AvgIpc) is 3.15. The third kappa shape index (κ3) is 2.66. The van der Waals surface area contributed by atoms with Crippen LogP contribution in [0.25, 0.3) is 0 Å². The second kappa shape index (κ2) is 5.93. The molecule has 2 aromatic carbocycles. The van der Waals surface area contributed by atoms with E-state index in [-0.39, 0.29) is 10.9 Å². The van der Waals surface area contributed by atoms with E-state index in [1.165, 1.54) is 4.31 Å². The minimum absolute atomic E-state index is 0.0317. The van der Waals surface area contributed by atoms with Gasteiger partial charge in [0, 0.05) is 30.2 Å². The maximum atomic E-state index is 13.1. The summed E-state index contributed by atoms with van der Waals surface area (Å²) < 4.78 is 29.5. The molecule has 1 aliphatic heterocycles. The zero-order chi connectivity index (χ0) is 17.4. The van der Waals surface area contributed by atoms with Crippen molar-refractivity contribution in [1.29, 1.82) is 0 Å². The molecular weight excluding hydrogens is 336 g/mol. The Labute approximate surface area is 146 Å². The molecule has 0 bridgehead atoms. The molecule has 3 aromatic rings. The zero-order valence-corrected chi connectivity index (χ0v) is 14.3. The number of nitrogen functional groups attached to an aromatic ring is 1. The minimum atomic E-state index is -3.62. The van der Waals surface area contributed by atoms with Crippen molar-refractivity contribution in [3.8, 4) is 0 Å². The average molecular weight is 354 g/mol. The number of fused-ring (bicyclic) bond motifs is 1. The number of nitrogens with zero attached hydrogens (tertiary/aromatic N) is 3. The molecule has 0 saturated heterocycles. The Kier molecular flexibility index (Phi) is 3.73. The maximum absolute atomic E-state index is 13.1. The third-order valence-corrected chi connectivity index (χ3v) is 6.29. The van der Waals surface area contributed by atoms with Crippen LogP contribution in [0.3, 0.4) is 0 Å². The van der Waals surface area contributed by atoms with Crippen LogP contribution in [-0.2, 0) is 10.0 Å². The Morgan fingerprint density at radius 1 is 1.08 bits per heavy atom. The quantitative estimate of drug-likeness (QED) is 0.733. The number of sulfonamides is 1. The second-order valence-corrected chi connectivity index (χ2v) is 7.86. The monoisotopic (exact) mass is 354 g/mol. The summed E-state index contributed by atoms with van der Waals surface area (Å²) in [7, 11) is -3.62. The maximum Gasteiger partial charge on any atom is 0.264 e. The van der Waals surface area contributed by atoms with Gasteiger partial charge in [0.15, 0.2) is 0 Å². The summed E-state index contributed by atoms with van der Waals surface area (Å²) in [6.07, 6.45) is 4.24. The predicted octanol–water partition coefficient (Wildman–Crippen LogP) is 2.65. The predicted molar refractivity (Wildman–Crippen MR) is 96.8 cm³/mol. The van der Waals surface area contributed by atoms with Crippen molar-refractivity contribution in [2.75, 3.05) is 16.6 Å². The first-order valence-corrected chi connectivity index (χ1v) is 9.48. The molecule has 0 fully saturated rings. The van der Waals surface area contributed by atoms with Gasteiger partial charge in [0.1, 0.15) is 0 Å². The second-order valence-electron chi connectivity index (χ2n) is 6.00. The first-order chi connectivity index (χ1) is 12.1. The molecular formula is C18H18N4O2S. The number of nitrogens with two attached hydrogens (primary N) is 1. The Bertz CT molecular complexity index is 985. The number of hydrogen-bond acceptors (Lipinski definition) is 4. The van der Waals surface area contributed by atoms with E-state index in [1.807, 2.05) is 23.0 Å². The summed E-state index contributed by atoms with van der Waals surface area (Å²) in [5.41, 5.74) is 8.10. The fourth-order valence-electron chi connectivity index (χ4n) is 3.29. The molecule has 1 atom stereocenters. The Balaban J connectivity index is 1.83. The molecule has 1 unspecified atom stereocenters. The van der Waals surface area contributed by atoms with E-state index in [9.17, 15) is 8.42 Å². The van der Waals surface area contributed by atoms with Crippen LogP contribution >= 0.6 is 0 Å². The van der Waals surface area contributed by atoms with Gasteiger partial charge in [-0.1, -0.05) is 18.2 Å². The van der Waals surface area contributed by atoms with Crippen LogP contribution in [0.1, 0.15) is 18.0 Å². The summed E-state index contributed by atoms with van der Waals surface area (Å²) in [6.45, 7) is 0.388. The Morgan fingerprint density at radius 2 is 1.88 bits per heavy atom. The molecule has 1 aliphatic rings. The largest absolute Gasteiger partial charge is 0.399 e. The van der Waals surface area contributed by atoms with E-state index >= 15 is 0 Å². The van der Waals surface area contributed by atoms with Crippen LogP contribution in [0.5, 0.6) is 0 Å². The van der Waals surface area contributed by atoms with Gasteiger partial charge in [0.05, 0.1) is 16.6 Å². The summed E-state index contributed by atoms with van der Waals surface area (Å²) in [6, 6.07) is 15.7.